The molecule has 0 aliphatic heterocycles. The van der Waals surface area contributed by atoms with E-state index in [0.717, 1.165) is 0 Å². The van der Waals surface area contributed by atoms with Crippen LogP contribution >= 0.6 is 11.6 Å². The molecule has 110 valence electrons. The van der Waals surface area contributed by atoms with Crippen molar-refractivity contribution in [1.29, 1.82) is 0 Å². The van der Waals surface area contributed by atoms with E-state index < -0.39 is 0 Å². The van der Waals surface area contributed by atoms with Crippen LogP contribution in [-0.2, 0) is 0 Å². The molecule has 0 saturated carbocycles. The van der Waals surface area contributed by atoms with Gasteiger partial charge in [0.05, 0.1) is 6.54 Å². The third-order valence-corrected chi connectivity index (χ3v) is 3.06. The first-order valence-corrected chi connectivity index (χ1v) is 6.80. The van der Waals surface area contributed by atoms with Crippen LogP contribution in [0.15, 0.2) is 36.5 Å². The molecule has 1 amide bonds. The molecular weight excluding hydrogens is 292 g/mol. The maximum absolute atomic E-state index is 11.8. The van der Waals surface area contributed by atoms with Crippen LogP contribution in [0.2, 0.25) is 5.02 Å². The summed E-state index contributed by atoms with van der Waals surface area (Å²) in [6.45, 7) is 2.15. The van der Waals surface area contributed by atoms with Crippen molar-refractivity contribution in [3.63, 3.8) is 0 Å². The summed E-state index contributed by atoms with van der Waals surface area (Å²) >= 11 is 5.77. The fourth-order valence-electron chi connectivity index (χ4n) is 1.69. The van der Waals surface area contributed by atoms with Gasteiger partial charge in [-0.25, -0.2) is 0 Å². The van der Waals surface area contributed by atoms with Crippen LogP contribution in [0.1, 0.15) is 27.8 Å². The molecule has 0 bridgehead atoms. The summed E-state index contributed by atoms with van der Waals surface area (Å²) in [5.74, 6) is 0.325. The van der Waals surface area contributed by atoms with Crippen LogP contribution in [0.4, 0.5) is 0 Å². The third kappa shape index (κ3) is 4.36. The van der Waals surface area contributed by atoms with Gasteiger partial charge in [0.25, 0.3) is 5.91 Å². The van der Waals surface area contributed by atoms with Crippen molar-refractivity contribution in [3.05, 3.63) is 52.8 Å². The molecule has 0 spiro atoms. The van der Waals surface area contributed by atoms with Gasteiger partial charge in [-0.2, -0.15) is 0 Å². The second-order valence-corrected chi connectivity index (χ2v) is 4.85. The lowest BCUT2D eigenvalue weighted by Gasteiger charge is -2.07. The number of aromatic nitrogens is 1. The van der Waals surface area contributed by atoms with Gasteiger partial charge in [-0.15, -0.1) is 0 Å². The summed E-state index contributed by atoms with van der Waals surface area (Å²) in [5, 5.41) is 3.34. The second-order valence-electron chi connectivity index (χ2n) is 4.42. The molecule has 5 nitrogen and oxygen atoms in total. The Morgan fingerprint density at radius 2 is 2.00 bits per heavy atom. The summed E-state index contributed by atoms with van der Waals surface area (Å²) in [5.41, 5.74) is 0.837. The average molecular weight is 307 g/mol. The maximum atomic E-state index is 11.8. The van der Waals surface area contributed by atoms with Gasteiger partial charge >= 0.3 is 0 Å². The number of carbonyl (C=O) groups excluding carboxylic acids is 2. The Hall–Kier alpha value is -2.27. The number of carbonyl (C=O) groups is 2. The van der Waals surface area contributed by atoms with Crippen molar-refractivity contribution in [1.82, 2.24) is 10.3 Å². The van der Waals surface area contributed by atoms with E-state index in [2.05, 4.69) is 10.3 Å². The zero-order valence-electron chi connectivity index (χ0n) is 11.5. The van der Waals surface area contributed by atoms with E-state index in [-0.39, 0.29) is 11.7 Å². The molecule has 0 aliphatic carbocycles. The van der Waals surface area contributed by atoms with Gasteiger partial charge in [-0.3, -0.25) is 9.59 Å². The lowest BCUT2D eigenvalue weighted by molar-refractivity contribution is 0.0942. The van der Waals surface area contributed by atoms with Crippen LogP contribution in [0.25, 0.3) is 0 Å². The van der Waals surface area contributed by atoms with Crippen molar-refractivity contribution >= 4 is 23.3 Å². The zero-order valence-corrected chi connectivity index (χ0v) is 12.2. The Kier molecular flexibility index (Phi) is 5.00. The third-order valence-electron chi connectivity index (χ3n) is 2.80. The number of H-pyrrole nitrogens is 1. The molecule has 0 atom stereocenters. The molecule has 2 aromatic rings. The topological polar surface area (TPSA) is 71.2 Å². The highest BCUT2D eigenvalue weighted by Crippen LogP contribution is 2.15. The smallest absolute Gasteiger partial charge is 0.267 e. The van der Waals surface area contributed by atoms with Crippen molar-refractivity contribution in [3.8, 4) is 5.75 Å². The SMILES string of the molecule is CC(=O)c1c[nH]c(C(=O)NCCOc2ccc(Cl)cc2)c1. The van der Waals surface area contributed by atoms with Crippen LogP contribution in [0.5, 0.6) is 5.75 Å². The summed E-state index contributed by atoms with van der Waals surface area (Å²) in [4.78, 5) is 25.7. The van der Waals surface area contributed by atoms with Crippen molar-refractivity contribution < 1.29 is 14.3 Å². The summed E-state index contributed by atoms with van der Waals surface area (Å²) in [6.07, 6.45) is 1.52. The number of hydrogen-bond donors (Lipinski definition) is 2. The molecule has 2 N–H and O–H groups in total. The van der Waals surface area contributed by atoms with Gasteiger partial charge in [0.2, 0.25) is 0 Å². The number of ketones is 1. The van der Waals surface area contributed by atoms with E-state index in [1.165, 1.54) is 19.2 Å². The van der Waals surface area contributed by atoms with E-state index in [4.69, 9.17) is 16.3 Å². The standard InChI is InChI=1S/C15H15ClN2O3/c1-10(19)11-8-14(18-9-11)15(20)17-6-7-21-13-4-2-12(16)3-5-13/h2-5,8-9,18H,6-7H2,1H3,(H,17,20). The molecule has 0 aliphatic rings. The number of benzene rings is 1. The van der Waals surface area contributed by atoms with Gasteiger partial charge in [-0.1, -0.05) is 11.6 Å². The molecule has 6 heteroatoms. The molecule has 0 saturated heterocycles. The zero-order chi connectivity index (χ0) is 15.2. The number of ether oxygens (including phenoxy) is 1. The fraction of sp³-hybridized carbons (Fsp3) is 0.200. The first kappa shape index (κ1) is 15.1. The maximum Gasteiger partial charge on any atom is 0.267 e. The highest BCUT2D eigenvalue weighted by atomic mass is 35.5. The Bertz CT molecular complexity index is 635. The molecule has 1 aromatic heterocycles. The molecule has 1 aromatic carbocycles. The van der Waals surface area contributed by atoms with Crippen molar-refractivity contribution in [2.45, 2.75) is 6.92 Å². The molecule has 0 fully saturated rings. The highest BCUT2D eigenvalue weighted by molar-refractivity contribution is 6.30. The average Bonchev–Trinajstić information content (AvgIpc) is 2.95. The van der Waals surface area contributed by atoms with E-state index in [1.807, 2.05) is 0 Å². The summed E-state index contributed by atoms with van der Waals surface area (Å²) < 4.78 is 5.45. The van der Waals surface area contributed by atoms with E-state index >= 15 is 0 Å². The first-order valence-electron chi connectivity index (χ1n) is 6.42. The van der Waals surface area contributed by atoms with Crippen LogP contribution in [0.3, 0.4) is 0 Å². The summed E-state index contributed by atoms with van der Waals surface area (Å²) in [7, 11) is 0. The largest absolute Gasteiger partial charge is 0.492 e. The van der Waals surface area contributed by atoms with E-state index in [0.29, 0.717) is 35.2 Å². The minimum absolute atomic E-state index is 0.0867. The monoisotopic (exact) mass is 306 g/mol. The Labute approximate surface area is 127 Å². The fourth-order valence-corrected chi connectivity index (χ4v) is 1.81. The Morgan fingerprint density at radius 1 is 1.29 bits per heavy atom. The Morgan fingerprint density at radius 3 is 2.62 bits per heavy atom. The minimum Gasteiger partial charge on any atom is -0.492 e. The second kappa shape index (κ2) is 6.95. The first-order chi connectivity index (χ1) is 10.1. The predicted molar refractivity (Wildman–Crippen MR) is 80.1 cm³/mol. The highest BCUT2D eigenvalue weighted by Gasteiger charge is 2.09. The number of hydrogen-bond acceptors (Lipinski definition) is 3. The van der Waals surface area contributed by atoms with Gasteiger partial charge < -0.3 is 15.0 Å². The molecule has 21 heavy (non-hydrogen) atoms. The molecule has 0 radical (unpaired) electrons. The van der Waals surface area contributed by atoms with Crippen molar-refractivity contribution in [2.75, 3.05) is 13.2 Å². The number of amides is 1. The molecule has 0 unspecified atom stereocenters. The Balaban J connectivity index is 1.76. The number of aromatic amines is 1. The normalized spacial score (nSPS) is 10.2. The van der Waals surface area contributed by atoms with E-state index in [1.54, 1.807) is 24.3 Å². The van der Waals surface area contributed by atoms with E-state index in [9.17, 15) is 9.59 Å². The molecule has 2 rings (SSSR count). The number of halogens is 1. The van der Waals surface area contributed by atoms with Gasteiger partial charge in [0.15, 0.2) is 5.78 Å². The van der Waals surface area contributed by atoms with Gasteiger partial charge in [0.1, 0.15) is 18.1 Å². The molecular formula is C15H15ClN2O3. The summed E-state index contributed by atoms with van der Waals surface area (Å²) in [6, 6.07) is 8.51. The minimum atomic E-state index is -0.276. The van der Waals surface area contributed by atoms with Crippen molar-refractivity contribution in [2.24, 2.45) is 0 Å². The number of nitrogens with one attached hydrogen (secondary N) is 2. The van der Waals surface area contributed by atoms with Crippen LogP contribution in [0, 0.1) is 0 Å². The predicted octanol–water partition coefficient (Wildman–Crippen LogP) is 2.68. The quantitative estimate of drug-likeness (QED) is 0.636. The van der Waals surface area contributed by atoms with Gasteiger partial charge in [0, 0.05) is 16.8 Å². The number of rotatable bonds is 6. The van der Waals surface area contributed by atoms with Crippen LogP contribution < -0.4 is 10.1 Å². The van der Waals surface area contributed by atoms with Gasteiger partial charge in [-0.05, 0) is 37.3 Å². The van der Waals surface area contributed by atoms with Crippen LogP contribution in [-0.4, -0.2) is 29.8 Å². The lowest BCUT2D eigenvalue weighted by Crippen LogP contribution is -2.28. The lowest BCUT2D eigenvalue weighted by atomic mass is 10.2. The number of Topliss-reactive ketones (excluding diaryl/α,β-unsaturated/α-hetero) is 1. The molecule has 1 heterocycles.